The number of amidine groups is 1. The highest BCUT2D eigenvalue weighted by molar-refractivity contribution is 7.21. The first-order chi connectivity index (χ1) is 12.6. The Morgan fingerprint density at radius 1 is 1.35 bits per heavy atom. The summed E-state index contributed by atoms with van der Waals surface area (Å²) in [6.07, 6.45) is 0. The summed E-state index contributed by atoms with van der Waals surface area (Å²) in [5, 5.41) is 20.8. The van der Waals surface area contributed by atoms with E-state index in [9.17, 15) is 0 Å². The van der Waals surface area contributed by atoms with Gasteiger partial charge in [0.05, 0.1) is 22.5 Å². The van der Waals surface area contributed by atoms with Crippen LogP contribution in [0.25, 0.3) is 20.8 Å². The summed E-state index contributed by atoms with van der Waals surface area (Å²) in [5.74, 6) is 0.462. The number of ether oxygens (including phenoxy) is 1. The monoisotopic (exact) mass is 364 g/mol. The molecule has 0 fully saturated rings. The molecule has 0 spiro atoms. The van der Waals surface area contributed by atoms with E-state index in [0.717, 1.165) is 26.5 Å². The Bertz CT molecular complexity index is 1020. The van der Waals surface area contributed by atoms with Crippen molar-refractivity contribution in [1.29, 1.82) is 10.7 Å². The van der Waals surface area contributed by atoms with Crippen LogP contribution >= 0.6 is 11.3 Å². The van der Waals surface area contributed by atoms with E-state index in [1.54, 1.807) is 17.4 Å². The number of nitriles is 1. The summed E-state index contributed by atoms with van der Waals surface area (Å²) >= 11 is 1.60. The fourth-order valence-electron chi connectivity index (χ4n) is 2.24. The van der Waals surface area contributed by atoms with Crippen molar-refractivity contribution >= 4 is 38.8 Å². The second-order valence-corrected chi connectivity index (χ2v) is 6.29. The number of thiazole rings is 1. The smallest absolute Gasteiger partial charge is 0.201 e. The molecule has 3 aromatic rings. The number of hydrogen-bond acceptors (Lipinski definition) is 7. The molecule has 130 valence electrons. The number of rotatable bonds is 6. The molecule has 1 heterocycles. The normalized spacial score (nSPS) is 11.2. The summed E-state index contributed by atoms with van der Waals surface area (Å²) in [6.45, 7) is 2.59. The second-order valence-electron chi connectivity index (χ2n) is 5.26. The first-order valence-electron chi connectivity index (χ1n) is 7.82. The van der Waals surface area contributed by atoms with Crippen LogP contribution in [0.15, 0.2) is 47.6 Å². The minimum Gasteiger partial charge on any atom is -0.494 e. The molecule has 0 unspecified atom stereocenters. The Morgan fingerprint density at radius 2 is 2.12 bits per heavy atom. The van der Waals surface area contributed by atoms with Gasteiger partial charge in [-0.15, -0.1) is 11.3 Å². The van der Waals surface area contributed by atoms with E-state index in [1.165, 1.54) is 0 Å². The number of anilines is 1. The van der Waals surface area contributed by atoms with E-state index in [0.29, 0.717) is 12.3 Å². The second kappa shape index (κ2) is 7.63. The molecule has 4 N–H and O–H groups in total. The Hall–Kier alpha value is -3.44. The lowest BCUT2D eigenvalue weighted by Crippen LogP contribution is -2.21. The molecular weight excluding hydrogens is 348 g/mol. The van der Waals surface area contributed by atoms with Crippen molar-refractivity contribution in [2.24, 2.45) is 10.8 Å². The molecule has 8 heteroatoms. The maximum atomic E-state index is 8.83. The van der Waals surface area contributed by atoms with Crippen LogP contribution < -0.4 is 15.9 Å². The maximum Gasteiger partial charge on any atom is 0.201 e. The third-order valence-electron chi connectivity index (χ3n) is 3.46. The van der Waals surface area contributed by atoms with Crippen LogP contribution in [0.2, 0.25) is 0 Å². The zero-order valence-corrected chi connectivity index (χ0v) is 14.8. The first-order valence-corrected chi connectivity index (χ1v) is 8.64. The van der Waals surface area contributed by atoms with Crippen LogP contribution in [-0.2, 0) is 0 Å². The molecule has 3 rings (SSSR count). The minimum atomic E-state index is -0.377. The number of fused-ring (bicyclic) bond motifs is 1. The van der Waals surface area contributed by atoms with Crippen molar-refractivity contribution in [3.05, 3.63) is 42.5 Å². The number of aromatic nitrogens is 1. The average Bonchev–Trinajstić information content (AvgIpc) is 3.06. The zero-order chi connectivity index (χ0) is 18.5. The molecule has 26 heavy (non-hydrogen) atoms. The van der Waals surface area contributed by atoms with Crippen molar-refractivity contribution < 1.29 is 4.74 Å². The van der Waals surface area contributed by atoms with Crippen molar-refractivity contribution in [1.82, 2.24) is 4.98 Å². The van der Waals surface area contributed by atoms with Crippen LogP contribution in [-0.4, -0.2) is 23.1 Å². The summed E-state index contributed by atoms with van der Waals surface area (Å²) in [7, 11) is 0. The molecule has 7 nitrogen and oxygen atoms in total. The van der Waals surface area contributed by atoms with Crippen molar-refractivity contribution in [3.63, 3.8) is 0 Å². The SMILES string of the molecule is CCOc1ccc2nc(-c3ccc(N/N=C(\C#N)C(=N)N)cc3)sc2c1. The minimum absolute atomic E-state index is 0.162. The molecule has 0 saturated heterocycles. The zero-order valence-electron chi connectivity index (χ0n) is 14.0. The van der Waals surface area contributed by atoms with Gasteiger partial charge in [0, 0.05) is 5.56 Å². The van der Waals surface area contributed by atoms with Crippen LogP contribution in [0.4, 0.5) is 5.69 Å². The molecule has 0 bridgehead atoms. The van der Waals surface area contributed by atoms with Crippen LogP contribution in [0, 0.1) is 16.7 Å². The van der Waals surface area contributed by atoms with E-state index < -0.39 is 0 Å². The van der Waals surface area contributed by atoms with Gasteiger partial charge in [-0.2, -0.15) is 10.4 Å². The molecule has 1 aromatic heterocycles. The van der Waals surface area contributed by atoms with E-state index >= 15 is 0 Å². The molecule has 0 aliphatic heterocycles. The topological polar surface area (TPSA) is 120 Å². The highest BCUT2D eigenvalue weighted by Crippen LogP contribution is 2.32. The third-order valence-corrected chi connectivity index (χ3v) is 4.53. The van der Waals surface area contributed by atoms with Gasteiger partial charge >= 0.3 is 0 Å². The number of nitrogens with one attached hydrogen (secondary N) is 2. The molecule has 2 aromatic carbocycles. The van der Waals surface area contributed by atoms with Crippen LogP contribution in [0.3, 0.4) is 0 Å². The molecular formula is C18H16N6OS. The van der Waals surface area contributed by atoms with Gasteiger partial charge in [-0.25, -0.2) is 4.98 Å². The number of hydrogen-bond donors (Lipinski definition) is 3. The van der Waals surface area contributed by atoms with E-state index in [2.05, 4.69) is 15.5 Å². The third kappa shape index (κ3) is 3.79. The van der Waals surface area contributed by atoms with Gasteiger partial charge in [0.15, 0.2) is 5.84 Å². The molecule has 0 radical (unpaired) electrons. The van der Waals surface area contributed by atoms with E-state index in [-0.39, 0.29) is 11.5 Å². The van der Waals surface area contributed by atoms with Crippen LogP contribution in [0.5, 0.6) is 5.75 Å². The van der Waals surface area contributed by atoms with Gasteiger partial charge in [0.1, 0.15) is 16.8 Å². The Kier molecular flexibility index (Phi) is 5.10. The Labute approximate surface area is 154 Å². The fraction of sp³-hybridized carbons (Fsp3) is 0.111. The molecule has 0 amide bonds. The number of nitrogens with two attached hydrogens (primary N) is 1. The molecule has 0 aliphatic carbocycles. The number of nitrogens with zero attached hydrogens (tertiary/aromatic N) is 3. The highest BCUT2D eigenvalue weighted by atomic mass is 32.1. The van der Waals surface area contributed by atoms with Gasteiger partial charge in [-0.1, -0.05) is 0 Å². The standard InChI is InChI=1S/C18H16N6OS/c1-2-25-13-7-8-14-16(9-13)26-18(22-14)11-3-5-12(6-4-11)23-24-15(10-19)17(20)21/h3-9,23H,2H2,1H3,(H3,20,21)/b24-15+. The fourth-order valence-corrected chi connectivity index (χ4v) is 3.24. The van der Waals surface area contributed by atoms with Gasteiger partial charge in [-0.3, -0.25) is 10.8 Å². The quantitative estimate of drug-likeness (QED) is 0.351. The lowest BCUT2D eigenvalue weighted by molar-refractivity contribution is 0.341. The predicted molar refractivity (Wildman–Crippen MR) is 105 cm³/mol. The Balaban J connectivity index is 1.81. The average molecular weight is 364 g/mol. The number of benzene rings is 2. The van der Waals surface area contributed by atoms with Crippen molar-refractivity contribution in [3.8, 4) is 22.4 Å². The van der Waals surface area contributed by atoms with Gasteiger partial charge in [-0.05, 0) is 49.4 Å². The van der Waals surface area contributed by atoms with Gasteiger partial charge in [0.25, 0.3) is 0 Å². The van der Waals surface area contributed by atoms with Crippen molar-refractivity contribution in [2.45, 2.75) is 6.92 Å². The predicted octanol–water partition coefficient (Wildman–Crippen LogP) is 3.59. The Morgan fingerprint density at radius 3 is 2.77 bits per heavy atom. The molecule has 0 atom stereocenters. The lowest BCUT2D eigenvalue weighted by atomic mass is 10.2. The van der Waals surface area contributed by atoms with E-state index in [1.807, 2.05) is 49.4 Å². The summed E-state index contributed by atoms with van der Waals surface area (Å²) < 4.78 is 6.60. The summed E-state index contributed by atoms with van der Waals surface area (Å²) in [5.41, 5.74) is 10.4. The van der Waals surface area contributed by atoms with Gasteiger partial charge < -0.3 is 10.5 Å². The largest absolute Gasteiger partial charge is 0.494 e. The lowest BCUT2D eigenvalue weighted by Gasteiger charge is -2.02. The maximum absolute atomic E-state index is 8.83. The highest BCUT2D eigenvalue weighted by Gasteiger charge is 2.08. The van der Waals surface area contributed by atoms with Gasteiger partial charge in [0.2, 0.25) is 5.71 Å². The van der Waals surface area contributed by atoms with Crippen molar-refractivity contribution in [2.75, 3.05) is 12.0 Å². The molecule has 0 aliphatic rings. The molecule has 0 saturated carbocycles. The van der Waals surface area contributed by atoms with E-state index in [4.69, 9.17) is 21.1 Å². The number of hydrazone groups is 1. The first kappa shape index (κ1) is 17.4. The van der Waals surface area contributed by atoms with Crippen LogP contribution in [0.1, 0.15) is 6.92 Å². The summed E-state index contributed by atoms with van der Waals surface area (Å²) in [4.78, 5) is 4.65. The summed E-state index contributed by atoms with van der Waals surface area (Å²) in [6, 6.07) is 15.1.